The number of rotatable bonds is 4. The van der Waals surface area contributed by atoms with E-state index in [9.17, 15) is 4.79 Å². The van der Waals surface area contributed by atoms with Crippen LogP contribution >= 0.6 is 0 Å². The van der Waals surface area contributed by atoms with Crippen LogP contribution < -0.4 is 10.6 Å². The Morgan fingerprint density at radius 1 is 1.33 bits per heavy atom. The number of hydrogen-bond acceptors (Lipinski definition) is 2. The largest absolute Gasteiger partial charge is 0.338 e. The second-order valence-electron chi connectivity index (χ2n) is 4.15. The van der Waals surface area contributed by atoms with Crippen LogP contribution in [0.3, 0.4) is 0 Å². The zero-order valence-electron chi connectivity index (χ0n) is 10.4. The first-order valence-corrected chi connectivity index (χ1v) is 6.19. The molecule has 2 aromatic rings. The van der Waals surface area contributed by atoms with Crippen LogP contribution in [-0.2, 0) is 0 Å². The Balaban J connectivity index is 2.01. The molecule has 0 aliphatic heterocycles. The minimum absolute atomic E-state index is 0.180. The summed E-state index contributed by atoms with van der Waals surface area (Å²) < 4.78 is 0. The summed E-state index contributed by atoms with van der Waals surface area (Å²) in [7, 11) is 0. The van der Waals surface area contributed by atoms with Gasteiger partial charge in [-0.3, -0.25) is 4.98 Å². The van der Waals surface area contributed by atoms with E-state index in [1.807, 2.05) is 30.3 Å². The first kappa shape index (κ1) is 12.4. The Bertz CT molecular complexity index is 539. The predicted octanol–water partition coefficient (Wildman–Crippen LogP) is 3.16. The summed E-state index contributed by atoms with van der Waals surface area (Å²) in [6.45, 7) is 2.79. The van der Waals surface area contributed by atoms with Gasteiger partial charge in [0.2, 0.25) is 0 Å². The lowest BCUT2D eigenvalue weighted by molar-refractivity contribution is 0.252. The third kappa shape index (κ3) is 3.20. The molecule has 1 aromatic carbocycles. The molecule has 0 bridgehead atoms. The van der Waals surface area contributed by atoms with Crippen molar-refractivity contribution in [3.05, 3.63) is 36.5 Å². The molecule has 4 heteroatoms. The summed E-state index contributed by atoms with van der Waals surface area (Å²) in [4.78, 5) is 15.9. The van der Waals surface area contributed by atoms with E-state index >= 15 is 0 Å². The molecular weight excluding hydrogens is 226 g/mol. The van der Waals surface area contributed by atoms with Crippen LogP contribution in [0, 0.1) is 0 Å². The lowest BCUT2D eigenvalue weighted by Gasteiger charge is -2.07. The second-order valence-corrected chi connectivity index (χ2v) is 4.15. The number of aromatic nitrogens is 1. The fourth-order valence-electron chi connectivity index (χ4n) is 1.69. The molecule has 2 N–H and O–H groups in total. The third-order valence-electron chi connectivity index (χ3n) is 2.66. The first-order valence-electron chi connectivity index (χ1n) is 6.19. The van der Waals surface area contributed by atoms with Gasteiger partial charge in [-0.15, -0.1) is 0 Å². The summed E-state index contributed by atoms with van der Waals surface area (Å²) in [6.07, 6.45) is 3.73. The Morgan fingerprint density at radius 3 is 3.00 bits per heavy atom. The van der Waals surface area contributed by atoms with Gasteiger partial charge >= 0.3 is 6.03 Å². The number of benzene rings is 1. The van der Waals surface area contributed by atoms with Crippen molar-refractivity contribution < 1.29 is 4.79 Å². The molecule has 2 amide bonds. The maximum atomic E-state index is 11.6. The van der Waals surface area contributed by atoms with E-state index in [1.165, 1.54) is 0 Å². The number of anilines is 1. The normalized spacial score (nSPS) is 10.3. The van der Waals surface area contributed by atoms with Crippen molar-refractivity contribution in [2.24, 2.45) is 0 Å². The Morgan fingerprint density at radius 2 is 2.17 bits per heavy atom. The molecule has 0 spiro atoms. The quantitative estimate of drug-likeness (QED) is 0.810. The van der Waals surface area contributed by atoms with Crippen LogP contribution in [-0.4, -0.2) is 17.6 Å². The standard InChI is InChI=1S/C14H17N3O/c1-2-3-8-15-14(18)17-12-9-11-6-4-5-7-13(11)16-10-12/h4-7,9-10H,2-3,8H2,1H3,(H2,15,17,18). The van der Waals surface area contributed by atoms with Crippen molar-refractivity contribution in [2.75, 3.05) is 11.9 Å². The SMILES string of the molecule is CCCCNC(=O)Nc1cnc2ccccc2c1. The molecule has 4 nitrogen and oxygen atoms in total. The molecule has 0 fully saturated rings. The molecule has 1 heterocycles. The van der Waals surface area contributed by atoms with E-state index in [-0.39, 0.29) is 6.03 Å². The van der Waals surface area contributed by atoms with Gasteiger partial charge in [0.25, 0.3) is 0 Å². The second kappa shape index (κ2) is 6.00. The summed E-state index contributed by atoms with van der Waals surface area (Å²) in [5.41, 5.74) is 1.64. The molecule has 0 aliphatic carbocycles. The van der Waals surface area contributed by atoms with Gasteiger partial charge in [0, 0.05) is 11.9 Å². The third-order valence-corrected chi connectivity index (χ3v) is 2.66. The van der Waals surface area contributed by atoms with Gasteiger partial charge in [0.15, 0.2) is 0 Å². The van der Waals surface area contributed by atoms with Crippen molar-refractivity contribution >= 4 is 22.6 Å². The lowest BCUT2D eigenvalue weighted by atomic mass is 10.2. The van der Waals surface area contributed by atoms with E-state index in [1.54, 1.807) is 6.20 Å². The molecule has 0 radical (unpaired) electrons. The summed E-state index contributed by atoms with van der Waals surface area (Å²) in [5.74, 6) is 0. The smallest absolute Gasteiger partial charge is 0.319 e. The monoisotopic (exact) mass is 243 g/mol. The topological polar surface area (TPSA) is 54.0 Å². The zero-order chi connectivity index (χ0) is 12.8. The molecule has 0 saturated heterocycles. The maximum absolute atomic E-state index is 11.6. The molecule has 0 saturated carbocycles. The molecule has 0 aliphatic rings. The number of nitrogens with one attached hydrogen (secondary N) is 2. The van der Waals surface area contributed by atoms with Crippen molar-refractivity contribution in [3.63, 3.8) is 0 Å². The van der Waals surface area contributed by atoms with Crippen LogP contribution in [0.2, 0.25) is 0 Å². The van der Waals surface area contributed by atoms with Gasteiger partial charge < -0.3 is 10.6 Å². The van der Waals surface area contributed by atoms with E-state index in [4.69, 9.17) is 0 Å². The van der Waals surface area contributed by atoms with Gasteiger partial charge in [-0.25, -0.2) is 4.79 Å². The van der Waals surface area contributed by atoms with E-state index < -0.39 is 0 Å². The van der Waals surface area contributed by atoms with Gasteiger partial charge in [0.05, 0.1) is 17.4 Å². The lowest BCUT2D eigenvalue weighted by Crippen LogP contribution is -2.29. The maximum Gasteiger partial charge on any atom is 0.319 e. The summed E-state index contributed by atoms with van der Waals surface area (Å²) in [6, 6.07) is 9.56. The molecule has 2 rings (SSSR count). The van der Waals surface area contributed by atoms with Gasteiger partial charge in [-0.1, -0.05) is 31.5 Å². The number of fused-ring (bicyclic) bond motifs is 1. The number of nitrogens with zero attached hydrogens (tertiary/aromatic N) is 1. The first-order chi connectivity index (χ1) is 8.79. The highest BCUT2D eigenvalue weighted by atomic mass is 16.2. The van der Waals surface area contributed by atoms with Crippen molar-refractivity contribution in [2.45, 2.75) is 19.8 Å². The van der Waals surface area contributed by atoms with Crippen LogP contribution in [0.25, 0.3) is 10.9 Å². The van der Waals surface area contributed by atoms with E-state index in [0.29, 0.717) is 12.2 Å². The molecule has 94 valence electrons. The van der Waals surface area contributed by atoms with Crippen LogP contribution in [0.5, 0.6) is 0 Å². The van der Waals surface area contributed by atoms with Gasteiger partial charge in [-0.2, -0.15) is 0 Å². The number of carbonyl (C=O) groups excluding carboxylic acids is 1. The number of unbranched alkanes of at least 4 members (excludes halogenated alkanes) is 1. The Hall–Kier alpha value is -2.10. The van der Waals surface area contributed by atoms with Crippen LogP contribution in [0.4, 0.5) is 10.5 Å². The van der Waals surface area contributed by atoms with Crippen molar-refractivity contribution in [1.29, 1.82) is 0 Å². The van der Waals surface area contributed by atoms with E-state index in [0.717, 1.165) is 23.7 Å². The molecule has 1 aromatic heterocycles. The number of para-hydroxylation sites is 1. The fourth-order valence-corrected chi connectivity index (χ4v) is 1.69. The highest BCUT2D eigenvalue weighted by molar-refractivity contribution is 5.91. The Labute approximate surface area is 106 Å². The number of hydrogen-bond donors (Lipinski definition) is 2. The average molecular weight is 243 g/mol. The number of urea groups is 1. The van der Waals surface area contributed by atoms with Crippen molar-refractivity contribution in [1.82, 2.24) is 10.3 Å². The van der Waals surface area contributed by atoms with Crippen molar-refractivity contribution in [3.8, 4) is 0 Å². The van der Waals surface area contributed by atoms with Crippen LogP contribution in [0.1, 0.15) is 19.8 Å². The van der Waals surface area contributed by atoms with Gasteiger partial charge in [-0.05, 0) is 18.6 Å². The number of pyridine rings is 1. The number of amides is 2. The summed E-state index contributed by atoms with van der Waals surface area (Å²) in [5, 5.41) is 6.60. The minimum atomic E-state index is -0.180. The zero-order valence-corrected chi connectivity index (χ0v) is 10.4. The average Bonchev–Trinajstić information content (AvgIpc) is 2.39. The predicted molar refractivity (Wildman–Crippen MR) is 73.7 cm³/mol. The molecule has 0 unspecified atom stereocenters. The molecule has 0 atom stereocenters. The number of carbonyl (C=O) groups is 1. The Kier molecular flexibility index (Phi) is 4.12. The highest BCUT2D eigenvalue weighted by Gasteiger charge is 2.02. The van der Waals surface area contributed by atoms with E-state index in [2.05, 4.69) is 22.5 Å². The highest BCUT2D eigenvalue weighted by Crippen LogP contribution is 2.15. The summed E-state index contributed by atoms with van der Waals surface area (Å²) >= 11 is 0. The molecular formula is C14H17N3O. The fraction of sp³-hybridized carbons (Fsp3) is 0.286. The molecule has 18 heavy (non-hydrogen) atoms. The van der Waals surface area contributed by atoms with Crippen LogP contribution in [0.15, 0.2) is 36.5 Å². The minimum Gasteiger partial charge on any atom is -0.338 e. The van der Waals surface area contributed by atoms with Gasteiger partial charge in [0.1, 0.15) is 0 Å².